The Kier molecular flexibility index (Phi) is 7.00. The lowest BCUT2D eigenvalue weighted by molar-refractivity contribution is 0.510. The first-order valence-electron chi connectivity index (χ1n) is 5.89. The number of aromatic nitrogens is 2. The zero-order chi connectivity index (χ0) is 11.8. The van der Waals surface area contributed by atoms with Gasteiger partial charge in [-0.3, -0.25) is 0 Å². The van der Waals surface area contributed by atoms with Gasteiger partial charge in [-0.25, -0.2) is 4.98 Å². The van der Waals surface area contributed by atoms with Crippen LogP contribution in [0.5, 0.6) is 0 Å². The molecule has 1 N–H and O–H groups in total. The fraction of sp³-hybridized carbons (Fsp3) is 0.818. The third-order valence-electron chi connectivity index (χ3n) is 2.26. The van der Waals surface area contributed by atoms with Crippen molar-refractivity contribution in [1.29, 1.82) is 0 Å². The fourth-order valence-corrected chi connectivity index (χ4v) is 3.06. The SMILES string of the molecule is CCCNC(C)CCCSc1nc(C)ns1. The number of nitrogens with one attached hydrogen (secondary N) is 1. The Balaban J connectivity index is 2.03. The molecule has 0 aliphatic carbocycles. The van der Waals surface area contributed by atoms with Gasteiger partial charge in [-0.1, -0.05) is 18.7 Å². The molecule has 0 saturated carbocycles. The Morgan fingerprint density at radius 2 is 2.31 bits per heavy atom. The highest BCUT2D eigenvalue weighted by Gasteiger charge is 2.03. The summed E-state index contributed by atoms with van der Waals surface area (Å²) in [6, 6.07) is 0.636. The molecule has 0 aliphatic rings. The quantitative estimate of drug-likeness (QED) is 0.575. The van der Waals surface area contributed by atoms with E-state index in [1.165, 1.54) is 30.8 Å². The molecule has 0 fully saturated rings. The molecule has 0 amide bonds. The van der Waals surface area contributed by atoms with Crippen molar-refractivity contribution >= 4 is 23.3 Å². The van der Waals surface area contributed by atoms with Crippen LogP contribution < -0.4 is 5.32 Å². The number of nitrogens with zero attached hydrogens (tertiary/aromatic N) is 2. The molecule has 92 valence electrons. The number of hydrogen-bond donors (Lipinski definition) is 1. The molecule has 0 aromatic carbocycles. The molecule has 16 heavy (non-hydrogen) atoms. The van der Waals surface area contributed by atoms with Crippen LogP contribution in [0.25, 0.3) is 0 Å². The van der Waals surface area contributed by atoms with E-state index in [0.29, 0.717) is 6.04 Å². The minimum atomic E-state index is 0.636. The molecule has 0 aliphatic heterocycles. The summed E-state index contributed by atoms with van der Waals surface area (Å²) in [5.41, 5.74) is 0. The van der Waals surface area contributed by atoms with Crippen LogP contribution in [0.4, 0.5) is 0 Å². The van der Waals surface area contributed by atoms with E-state index >= 15 is 0 Å². The minimum Gasteiger partial charge on any atom is -0.314 e. The number of aryl methyl sites for hydroxylation is 1. The molecule has 3 nitrogen and oxygen atoms in total. The van der Waals surface area contributed by atoms with Crippen molar-refractivity contribution < 1.29 is 0 Å². The van der Waals surface area contributed by atoms with Crippen molar-refractivity contribution in [3.05, 3.63) is 5.82 Å². The van der Waals surface area contributed by atoms with Gasteiger partial charge in [0.2, 0.25) is 0 Å². The van der Waals surface area contributed by atoms with Crippen LogP contribution in [0.2, 0.25) is 0 Å². The van der Waals surface area contributed by atoms with Crippen LogP contribution in [0.3, 0.4) is 0 Å². The summed E-state index contributed by atoms with van der Waals surface area (Å²) in [5, 5.41) is 3.50. The number of rotatable bonds is 8. The van der Waals surface area contributed by atoms with Gasteiger partial charge < -0.3 is 5.32 Å². The molecule has 1 aromatic heterocycles. The summed E-state index contributed by atoms with van der Waals surface area (Å²) in [5.74, 6) is 2.04. The van der Waals surface area contributed by atoms with Crippen molar-refractivity contribution in [1.82, 2.24) is 14.7 Å². The van der Waals surface area contributed by atoms with Gasteiger partial charge in [0, 0.05) is 11.8 Å². The van der Waals surface area contributed by atoms with E-state index < -0.39 is 0 Å². The Hall–Kier alpha value is -0.130. The maximum absolute atomic E-state index is 4.33. The van der Waals surface area contributed by atoms with E-state index in [-0.39, 0.29) is 0 Å². The van der Waals surface area contributed by atoms with E-state index in [1.54, 1.807) is 0 Å². The summed E-state index contributed by atoms with van der Waals surface area (Å²) in [7, 11) is 0. The molecule has 1 aromatic rings. The van der Waals surface area contributed by atoms with Gasteiger partial charge in [0.25, 0.3) is 0 Å². The predicted octanol–water partition coefficient (Wildman–Crippen LogP) is 3.11. The standard InChI is InChI=1S/C11H21N3S2/c1-4-7-12-9(2)6-5-8-15-11-13-10(3)14-16-11/h9,12H,4-8H2,1-3H3. The van der Waals surface area contributed by atoms with Gasteiger partial charge in [0.1, 0.15) is 5.82 Å². The van der Waals surface area contributed by atoms with Crippen LogP contribution in [-0.4, -0.2) is 27.7 Å². The van der Waals surface area contributed by atoms with Crippen molar-refractivity contribution in [3.8, 4) is 0 Å². The van der Waals surface area contributed by atoms with E-state index in [4.69, 9.17) is 0 Å². The lowest BCUT2D eigenvalue weighted by Gasteiger charge is -2.11. The van der Waals surface area contributed by atoms with E-state index in [2.05, 4.69) is 28.5 Å². The van der Waals surface area contributed by atoms with Gasteiger partial charge in [-0.05, 0) is 51.2 Å². The van der Waals surface area contributed by atoms with E-state index in [9.17, 15) is 0 Å². The fourth-order valence-electron chi connectivity index (χ4n) is 1.38. The molecule has 0 bridgehead atoms. The minimum absolute atomic E-state index is 0.636. The number of hydrogen-bond acceptors (Lipinski definition) is 5. The van der Waals surface area contributed by atoms with Crippen molar-refractivity contribution in [2.45, 2.75) is 50.4 Å². The first-order chi connectivity index (χ1) is 7.72. The molecule has 0 spiro atoms. The van der Waals surface area contributed by atoms with Crippen LogP contribution in [-0.2, 0) is 0 Å². The predicted molar refractivity (Wildman–Crippen MR) is 72.4 cm³/mol. The lowest BCUT2D eigenvalue weighted by Crippen LogP contribution is -2.26. The summed E-state index contributed by atoms with van der Waals surface area (Å²) >= 11 is 3.33. The highest BCUT2D eigenvalue weighted by Crippen LogP contribution is 2.21. The summed E-state index contributed by atoms with van der Waals surface area (Å²) in [4.78, 5) is 4.33. The first kappa shape index (κ1) is 13.9. The largest absolute Gasteiger partial charge is 0.314 e. The van der Waals surface area contributed by atoms with Gasteiger partial charge in [0.05, 0.1) is 0 Å². The van der Waals surface area contributed by atoms with Crippen molar-refractivity contribution in [3.63, 3.8) is 0 Å². The molecule has 0 saturated heterocycles. The average Bonchev–Trinajstić information content (AvgIpc) is 2.67. The average molecular weight is 259 g/mol. The Labute approximate surface area is 107 Å². The van der Waals surface area contributed by atoms with E-state index in [0.717, 1.165) is 22.5 Å². The Morgan fingerprint density at radius 1 is 1.50 bits per heavy atom. The van der Waals surface area contributed by atoms with E-state index in [1.807, 2.05) is 18.7 Å². The first-order valence-corrected chi connectivity index (χ1v) is 7.64. The second kappa shape index (κ2) is 8.03. The van der Waals surface area contributed by atoms with Gasteiger partial charge in [0.15, 0.2) is 4.34 Å². The lowest BCUT2D eigenvalue weighted by atomic mass is 10.2. The zero-order valence-corrected chi connectivity index (χ0v) is 12.0. The number of thioether (sulfide) groups is 1. The summed E-state index contributed by atoms with van der Waals surface area (Å²) in [6.45, 7) is 7.53. The smallest absolute Gasteiger partial charge is 0.170 e. The topological polar surface area (TPSA) is 37.8 Å². The molecule has 1 atom stereocenters. The second-order valence-corrected chi connectivity index (χ2v) is 6.05. The summed E-state index contributed by atoms with van der Waals surface area (Å²) < 4.78 is 5.27. The Bertz CT molecular complexity index is 289. The van der Waals surface area contributed by atoms with Crippen LogP contribution in [0, 0.1) is 6.92 Å². The molecule has 1 rings (SSSR count). The van der Waals surface area contributed by atoms with Crippen LogP contribution in [0.1, 0.15) is 38.9 Å². The molecule has 0 radical (unpaired) electrons. The summed E-state index contributed by atoms with van der Waals surface area (Å²) in [6.07, 6.45) is 3.69. The third kappa shape index (κ3) is 5.82. The van der Waals surface area contributed by atoms with Gasteiger partial charge >= 0.3 is 0 Å². The molecule has 1 unspecified atom stereocenters. The van der Waals surface area contributed by atoms with Gasteiger partial charge in [-0.15, -0.1) is 0 Å². The van der Waals surface area contributed by atoms with Crippen molar-refractivity contribution in [2.75, 3.05) is 12.3 Å². The van der Waals surface area contributed by atoms with Crippen LogP contribution in [0.15, 0.2) is 4.34 Å². The monoisotopic (exact) mass is 259 g/mol. The Morgan fingerprint density at radius 3 is 2.94 bits per heavy atom. The molecule has 1 heterocycles. The molecular formula is C11H21N3S2. The van der Waals surface area contributed by atoms with Crippen molar-refractivity contribution in [2.24, 2.45) is 0 Å². The maximum atomic E-state index is 4.33. The third-order valence-corrected chi connectivity index (χ3v) is 4.27. The zero-order valence-electron chi connectivity index (χ0n) is 10.3. The highest BCUT2D eigenvalue weighted by atomic mass is 32.2. The highest BCUT2D eigenvalue weighted by molar-refractivity contribution is 8.00. The second-order valence-electron chi connectivity index (χ2n) is 3.95. The normalized spacial score (nSPS) is 12.9. The van der Waals surface area contributed by atoms with Crippen LogP contribution >= 0.6 is 23.3 Å². The van der Waals surface area contributed by atoms with Gasteiger partial charge in [-0.2, -0.15) is 4.37 Å². The maximum Gasteiger partial charge on any atom is 0.170 e. The molecular weight excluding hydrogens is 238 g/mol. The molecule has 5 heteroatoms.